The third kappa shape index (κ3) is 3.16. The zero-order valence-corrected chi connectivity index (χ0v) is 8.47. The Hall–Kier alpha value is -2.23. The lowest BCUT2D eigenvalue weighted by atomic mass is 10.4. The molecule has 4 N–H and O–H groups in total. The van der Waals surface area contributed by atoms with Gasteiger partial charge in [0.1, 0.15) is 0 Å². The van der Waals surface area contributed by atoms with E-state index in [4.69, 9.17) is 15.9 Å². The first kappa shape index (κ1) is 11.8. The Bertz CT molecular complexity index is 442. The molecule has 0 saturated carbocycles. The fraction of sp³-hybridized carbons (Fsp3) is 0.167. The van der Waals surface area contributed by atoms with Crippen molar-refractivity contribution in [1.82, 2.24) is 9.36 Å². The van der Waals surface area contributed by atoms with Gasteiger partial charge in [-0.25, -0.2) is 9.59 Å². The number of carbonyl (C=O) groups is 2. The number of aliphatic carboxylic acids is 2. The zero-order chi connectivity index (χ0) is 12.1. The molecule has 9 nitrogen and oxygen atoms in total. The first-order valence-electron chi connectivity index (χ1n) is 3.75. The van der Waals surface area contributed by atoms with Gasteiger partial charge in [0.05, 0.1) is 0 Å². The maximum absolute atomic E-state index is 10.7. The van der Waals surface area contributed by atoms with E-state index in [0.29, 0.717) is 0 Å². The van der Waals surface area contributed by atoms with Gasteiger partial charge in [0, 0.05) is 11.5 Å². The third-order valence-electron chi connectivity index (χ3n) is 1.20. The number of aromatic nitrogens is 2. The van der Waals surface area contributed by atoms with Crippen LogP contribution in [-0.4, -0.2) is 43.8 Å². The van der Waals surface area contributed by atoms with E-state index in [1.807, 2.05) is 0 Å². The van der Waals surface area contributed by atoms with Crippen LogP contribution in [0.1, 0.15) is 5.82 Å². The average molecular weight is 246 g/mol. The third-order valence-corrected chi connectivity index (χ3v) is 1.74. The molecule has 1 rings (SSSR count). The van der Waals surface area contributed by atoms with Crippen LogP contribution >= 0.6 is 11.5 Å². The van der Waals surface area contributed by atoms with Crippen molar-refractivity contribution in [2.24, 2.45) is 5.16 Å². The molecule has 0 bridgehead atoms. The molecule has 0 unspecified atom stereocenters. The minimum atomic E-state index is -1.44. The van der Waals surface area contributed by atoms with E-state index in [1.54, 1.807) is 0 Å². The Kier molecular flexibility index (Phi) is 3.72. The van der Waals surface area contributed by atoms with Crippen LogP contribution in [0.4, 0.5) is 5.13 Å². The summed E-state index contributed by atoms with van der Waals surface area (Å²) < 4.78 is 3.60. The van der Waals surface area contributed by atoms with Crippen molar-refractivity contribution in [2.75, 3.05) is 12.3 Å². The molecule has 86 valence electrons. The number of rotatable bonds is 5. The SMILES string of the molecule is Nc1nc(C(=NOCC(=O)O)C(=O)O)ns1. The highest BCUT2D eigenvalue weighted by Crippen LogP contribution is 2.07. The Balaban J connectivity index is 2.83. The Labute approximate surface area is 92.3 Å². The molecule has 0 aromatic carbocycles. The molecular weight excluding hydrogens is 240 g/mol. The number of anilines is 1. The van der Waals surface area contributed by atoms with E-state index in [2.05, 4.69) is 19.4 Å². The molecule has 1 heterocycles. The molecule has 1 aromatic rings. The summed E-state index contributed by atoms with van der Waals surface area (Å²) in [5.74, 6) is -2.94. The predicted octanol–water partition coefficient (Wildman–Crippen LogP) is -0.990. The summed E-state index contributed by atoms with van der Waals surface area (Å²) in [5, 5.41) is 20.2. The highest BCUT2D eigenvalue weighted by atomic mass is 32.1. The standard InChI is InChI=1S/C6H6N4O5S/c7-6-8-4(10-16-6)3(5(13)14)9-15-1-2(11)12/h1H2,(H,11,12)(H,13,14)(H2,7,8,10). The maximum atomic E-state index is 10.7. The number of hydrogen-bond acceptors (Lipinski definition) is 8. The van der Waals surface area contributed by atoms with Crippen LogP contribution < -0.4 is 5.73 Å². The van der Waals surface area contributed by atoms with Gasteiger partial charge in [0.15, 0.2) is 5.13 Å². The lowest BCUT2D eigenvalue weighted by Crippen LogP contribution is -2.17. The molecule has 1 aromatic heterocycles. The van der Waals surface area contributed by atoms with Crippen LogP contribution in [0.3, 0.4) is 0 Å². The Morgan fingerprint density at radius 1 is 1.50 bits per heavy atom. The van der Waals surface area contributed by atoms with Crippen LogP contribution in [0.15, 0.2) is 5.16 Å². The Morgan fingerprint density at radius 2 is 2.19 bits per heavy atom. The second-order valence-electron chi connectivity index (χ2n) is 2.37. The minimum absolute atomic E-state index is 0.0715. The molecular formula is C6H6N4O5S. The van der Waals surface area contributed by atoms with Crippen LogP contribution in [0.2, 0.25) is 0 Å². The van der Waals surface area contributed by atoms with Gasteiger partial charge in [0.2, 0.25) is 18.1 Å². The van der Waals surface area contributed by atoms with Crippen molar-refractivity contribution in [3.8, 4) is 0 Å². The van der Waals surface area contributed by atoms with E-state index in [1.165, 1.54) is 0 Å². The van der Waals surface area contributed by atoms with Crippen molar-refractivity contribution in [2.45, 2.75) is 0 Å². The number of oxime groups is 1. The zero-order valence-electron chi connectivity index (χ0n) is 7.65. The van der Waals surface area contributed by atoms with Crippen LogP contribution in [0.25, 0.3) is 0 Å². The van der Waals surface area contributed by atoms with Crippen LogP contribution in [0, 0.1) is 0 Å². The molecule has 10 heteroatoms. The summed E-state index contributed by atoms with van der Waals surface area (Å²) in [7, 11) is 0. The smallest absolute Gasteiger partial charge is 0.362 e. The van der Waals surface area contributed by atoms with Crippen molar-refractivity contribution >= 4 is 34.3 Å². The van der Waals surface area contributed by atoms with Gasteiger partial charge < -0.3 is 20.8 Å². The van der Waals surface area contributed by atoms with Crippen LogP contribution in [0.5, 0.6) is 0 Å². The van der Waals surface area contributed by atoms with Gasteiger partial charge in [-0.05, 0) is 0 Å². The number of nitrogen functional groups attached to an aromatic ring is 1. The van der Waals surface area contributed by atoms with Crippen molar-refractivity contribution < 1.29 is 24.6 Å². The van der Waals surface area contributed by atoms with Gasteiger partial charge in [-0.2, -0.15) is 9.36 Å². The first-order valence-corrected chi connectivity index (χ1v) is 4.52. The first-order chi connectivity index (χ1) is 7.50. The summed E-state index contributed by atoms with van der Waals surface area (Å²) >= 11 is 0.791. The summed E-state index contributed by atoms with van der Waals surface area (Å²) in [4.78, 5) is 28.7. The number of carboxylic acid groups (broad SMARTS) is 2. The van der Waals surface area contributed by atoms with Gasteiger partial charge >= 0.3 is 11.9 Å². The highest BCUT2D eigenvalue weighted by Gasteiger charge is 2.19. The summed E-state index contributed by atoms with van der Waals surface area (Å²) in [6, 6.07) is 0. The second kappa shape index (κ2) is 5.02. The monoisotopic (exact) mass is 246 g/mol. The lowest BCUT2D eigenvalue weighted by molar-refractivity contribution is -0.142. The maximum Gasteiger partial charge on any atom is 0.362 e. The lowest BCUT2D eigenvalue weighted by Gasteiger charge is -1.96. The largest absolute Gasteiger partial charge is 0.479 e. The second-order valence-corrected chi connectivity index (χ2v) is 3.15. The Morgan fingerprint density at radius 3 is 2.62 bits per heavy atom. The van der Waals surface area contributed by atoms with E-state index < -0.39 is 24.3 Å². The molecule has 0 aliphatic rings. The van der Waals surface area contributed by atoms with E-state index in [0.717, 1.165) is 11.5 Å². The van der Waals surface area contributed by atoms with Gasteiger partial charge in [-0.3, -0.25) is 0 Å². The molecule has 0 fully saturated rings. The van der Waals surface area contributed by atoms with E-state index in [9.17, 15) is 9.59 Å². The van der Waals surface area contributed by atoms with Gasteiger partial charge in [-0.1, -0.05) is 5.16 Å². The number of nitrogens with zero attached hydrogens (tertiary/aromatic N) is 3. The average Bonchev–Trinajstić information content (AvgIpc) is 2.58. The minimum Gasteiger partial charge on any atom is -0.479 e. The highest BCUT2D eigenvalue weighted by molar-refractivity contribution is 7.09. The number of carboxylic acids is 2. The molecule has 0 atom stereocenters. The normalized spacial score (nSPS) is 11.1. The predicted molar refractivity (Wildman–Crippen MR) is 52.1 cm³/mol. The van der Waals surface area contributed by atoms with Gasteiger partial charge in [-0.15, -0.1) is 0 Å². The van der Waals surface area contributed by atoms with E-state index in [-0.39, 0.29) is 11.0 Å². The molecule has 0 spiro atoms. The summed E-state index contributed by atoms with van der Waals surface area (Å²) in [6.07, 6.45) is 0. The summed E-state index contributed by atoms with van der Waals surface area (Å²) in [5.41, 5.74) is 4.65. The van der Waals surface area contributed by atoms with Crippen LogP contribution in [-0.2, 0) is 14.4 Å². The fourth-order valence-corrected chi connectivity index (χ4v) is 1.09. The molecule has 0 aliphatic heterocycles. The molecule has 0 aliphatic carbocycles. The molecule has 0 radical (unpaired) electrons. The van der Waals surface area contributed by atoms with Crippen molar-refractivity contribution in [3.63, 3.8) is 0 Å². The number of hydrogen-bond donors (Lipinski definition) is 3. The molecule has 16 heavy (non-hydrogen) atoms. The van der Waals surface area contributed by atoms with Crippen molar-refractivity contribution in [1.29, 1.82) is 0 Å². The summed E-state index contributed by atoms with van der Waals surface area (Å²) in [6.45, 7) is -0.754. The molecule has 0 amide bonds. The van der Waals surface area contributed by atoms with Crippen molar-refractivity contribution in [3.05, 3.63) is 5.82 Å². The number of nitrogens with two attached hydrogens (primary N) is 1. The molecule has 0 saturated heterocycles. The fourth-order valence-electron chi connectivity index (χ4n) is 0.659. The van der Waals surface area contributed by atoms with E-state index >= 15 is 0 Å². The quantitative estimate of drug-likeness (QED) is 0.443. The van der Waals surface area contributed by atoms with Gasteiger partial charge in [0.25, 0.3) is 0 Å². The topological polar surface area (TPSA) is 148 Å².